The number of benzene rings is 1. The summed E-state index contributed by atoms with van der Waals surface area (Å²) in [6.07, 6.45) is 0.307. The Morgan fingerprint density at radius 1 is 1.05 bits per heavy atom. The maximum atomic E-state index is 11.1. The molecule has 19 heavy (non-hydrogen) atoms. The van der Waals surface area contributed by atoms with Crippen LogP contribution in [0.1, 0.15) is 11.3 Å². The van der Waals surface area contributed by atoms with Crippen LogP contribution in [0.15, 0.2) is 44.8 Å². The van der Waals surface area contributed by atoms with Gasteiger partial charge < -0.3 is 4.98 Å². The zero-order chi connectivity index (χ0) is 14.0. The Kier molecular flexibility index (Phi) is 3.59. The highest BCUT2D eigenvalue weighted by molar-refractivity contribution is 8.13. The predicted octanol–water partition coefficient (Wildman–Crippen LogP) is 0.582. The van der Waals surface area contributed by atoms with Gasteiger partial charge in [0.1, 0.15) is 0 Å². The van der Waals surface area contributed by atoms with Gasteiger partial charge in [-0.3, -0.25) is 9.78 Å². The summed E-state index contributed by atoms with van der Waals surface area (Å²) < 4.78 is 22.1. The average Bonchev–Trinajstić information content (AvgIpc) is 2.26. The van der Waals surface area contributed by atoms with Crippen LogP contribution < -0.4 is 11.2 Å². The Balaban J connectivity index is 2.29. The van der Waals surface area contributed by atoms with Crippen LogP contribution in [0.5, 0.6) is 0 Å². The molecule has 0 aliphatic heterocycles. The van der Waals surface area contributed by atoms with Crippen LogP contribution in [0.2, 0.25) is 0 Å². The Hall–Kier alpha value is -1.86. The number of rotatable bonds is 3. The number of nitrogens with one attached hydrogen (secondary N) is 2. The second-order valence-corrected chi connectivity index (χ2v) is 6.44. The van der Waals surface area contributed by atoms with Crippen LogP contribution in [0.4, 0.5) is 0 Å². The van der Waals surface area contributed by atoms with Crippen molar-refractivity contribution in [2.45, 2.75) is 11.3 Å². The number of aromatic nitrogens is 2. The van der Waals surface area contributed by atoms with Crippen LogP contribution in [0.3, 0.4) is 0 Å². The van der Waals surface area contributed by atoms with Crippen molar-refractivity contribution in [2.24, 2.45) is 0 Å². The molecule has 0 radical (unpaired) electrons. The van der Waals surface area contributed by atoms with Crippen molar-refractivity contribution in [2.75, 3.05) is 0 Å². The molecule has 0 saturated carbocycles. The van der Waals surface area contributed by atoms with Gasteiger partial charge >= 0.3 is 5.69 Å². The molecule has 0 unspecified atom stereocenters. The molecule has 0 atom stereocenters. The fourth-order valence-corrected chi connectivity index (χ4v) is 2.37. The molecule has 0 bridgehead atoms. The summed E-state index contributed by atoms with van der Waals surface area (Å²) in [6.45, 7) is 0. The van der Waals surface area contributed by atoms with Crippen LogP contribution in [-0.4, -0.2) is 18.4 Å². The molecule has 1 aromatic heterocycles. The first-order valence-electron chi connectivity index (χ1n) is 5.21. The van der Waals surface area contributed by atoms with E-state index in [1.54, 1.807) is 12.1 Å². The number of hydrogen-bond donors (Lipinski definition) is 2. The number of halogens is 1. The van der Waals surface area contributed by atoms with E-state index in [0.717, 1.165) is 5.56 Å². The summed E-state index contributed by atoms with van der Waals surface area (Å²) >= 11 is 0. The first kappa shape index (κ1) is 13.6. The summed E-state index contributed by atoms with van der Waals surface area (Å²) in [6, 6.07) is 7.13. The Bertz CT molecular complexity index is 777. The zero-order valence-electron chi connectivity index (χ0n) is 9.51. The molecule has 0 saturated heterocycles. The molecule has 0 aliphatic carbocycles. The standard InChI is InChI=1S/C11H9ClN2O4S/c12-19(17,18)9-3-1-7(2-4-9)5-8-6-10(15)14-11(16)13-8/h1-4,6H,5H2,(H2,13,14,15,16). The fraction of sp³-hybridized carbons (Fsp3) is 0.0909. The predicted molar refractivity (Wildman–Crippen MR) is 70.0 cm³/mol. The van der Waals surface area contributed by atoms with E-state index < -0.39 is 20.3 Å². The normalized spacial score (nSPS) is 11.4. The molecular weight excluding hydrogens is 292 g/mol. The van der Waals surface area contributed by atoms with Gasteiger partial charge in [0.25, 0.3) is 14.6 Å². The van der Waals surface area contributed by atoms with E-state index in [-0.39, 0.29) is 4.90 Å². The largest absolute Gasteiger partial charge is 0.325 e. The molecule has 0 fully saturated rings. The van der Waals surface area contributed by atoms with Crippen LogP contribution in [-0.2, 0) is 15.5 Å². The van der Waals surface area contributed by atoms with Gasteiger partial charge in [-0.1, -0.05) is 12.1 Å². The SMILES string of the molecule is O=c1cc(Cc2ccc(S(=O)(=O)Cl)cc2)[nH]c(=O)[nH]1. The van der Waals surface area contributed by atoms with Gasteiger partial charge in [0.2, 0.25) is 0 Å². The maximum Gasteiger partial charge on any atom is 0.325 e. The molecule has 2 rings (SSSR count). The molecule has 6 nitrogen and oxygen atoms in total. The van der Waals surface area contributed by atoms with Crippen molar-refractivity contribution in [3.8, 4) is 0 Å². The third-order valence-electron chi connectivity index (χ3n) is 2.42. The van der Waals surface area contributed by atoms with E-state index in [0.29, 0.717) is 12.1 Å². The Morgan fingerprint density at radius 3 is 2.21 bits per heavy atom. The summed E-state index contributed by atoms with van der Waals surface area (Å²) in [5.41, 5.74) is 0.113. The average molecular weight is 301 g/mol. The monoisotopic (exact) mass is 300 g/mol. The van der Waals surface area contributed by atoms with E-state index in [4.69, 9.17) is 10.7 Å². The zero-order valence-corrected chi connectivity index (χ0v) is 11.1. The van der Waals surface area contributed by atoms with Gasteiger partial charge in [-0.05, 0) is 17.7 Å². The molecule has 2 N–H and O–H groups in total. The minimum atomic E-state index is -3.75. The minimum Gasteiger partial charge on any atom is -0.311 e. The number of hydrogen-bond acceptors (Lipinski definition) is 4. The number of aromatic amines is 2. The lowest BCUT2D eigenvalue weighted by molar-refractivity contribution is 0.609. The highest BCUT2D eigenvalue weighted by Gasteiger charge is 2.09. The highest BCUT2D eigenvalue weighted by atomic mass is 35.7. The molecule has 2 aromatic rings. The van der Waals surface area contributed by atoms with Crippen molar-refractivity contribution in [3.63, 3.8) is 0 Å². The van der Waals surface area contributed by atoms with Crippen LogP contribution >= 0.6 is 10.7 Å². The highest BCUT2D eigenvalue weighted by Crippen LogP contribution is 2.16. The third kappa shape index (κ3) is 3.55. The molecule has 8 heteroatoms. The van der Waals surface area contributed by atoms with Gasteiger partial charge in [-0.15, -0.1) is 0 Å². The second kappa shape index (κ2) is 5.02. The molecule has 0 spiro atoms. The molecule has 0 amide bonds. The van der Waals surface area contributed by atoms with E-state index in [9.17, 15) is 18.0 Å². The van der Waals surface area contributed by atoms with Crippen molar-refractivity contribution in [1.82, 2.24) is 9.97 Å². The smallest absolute Gasteiger partial charge is 0.311 e. The van der Waals surface area contributed by atoms with Crippen molar-refractivity contribution < 1.29 is 8.42 Å². The molecule has 1 heterocycles. The summed E-state index contributed by atoms with van der Waals surface area (Å²) in [4.78, 5) is 26.7. The minimum absolute atomic E-state index is 0.00248. The molecular formula is C11H9ClN2O4S. The number of H-pyrrole nitrogens is 2. The first-order valence-corrected chi connectivity index (χ1v) is 7.52. The Morgan fingerprint density at radius 2 is 1.68 bits per heavy atom. The van der Waals surface area contributed by atoms with Gasteiger partial charge in [-0.25, -0.2) is 13.2 Å². The van der Waals surface area contributed by atoms with Crippen LogP contribution in [0.25, 0.3) is 0 Å². The summed E-state index contributed by atoms with van der Waals surface area (Å²) in [5.74, 6) is 0. The molecule has 1 aromatic carbocycles. The summed E-state index contributed by atoms with van der Waals surface area (Å²) in [5, 5.41) is 0. The van der Waals surface area contributed by atoms with Crippen molar-refractivity contribution >= 4 is 19.7 Å². The maximum absolute atomic E-state index is 11.1. The lowest BCUT2D eigenvalue weighted by Gasteiger charge is -2.02. The van der Waals surface area contributed by atoms with Crippen molar-refractivity contribution in [3.05, 3.63) is 62.4 Å². The molecule has 0 aliphatic rings. The topological polar surface area (TPSA) is 99.9 Å². The van der Waals surface area contributed by atoms with Crippen molar-refractivity contribution in [1.29, 1.82) is 0 Å². The third-order valence-corrected chi connectivity index (χ3v) is 3.79. The Labute approximate surface area is 112 Å². The van der Waals surface area contributed by atoms with E-state index in [1.807, 2.05) is 0 Å². The van der Waals surface area contributed by atoms with Gasteiger partial charge in [0.05, 0.1) is 4.90 Å². The molecule has 100 valence electrons. The van der Waals surface area contributed by atoms with E-state index in [2.05, 4.69) is 9.97 Å². The summed E-state index contributed by atoms with van der Waals surface area (Å²) in [7, 11) is 1.45. The lowest BCUT2D eigenvalue weighted by atomic mass is 10.1. The van der Waals surface area contributed by atoms with Crippen LogP contribution in [0, 0.1) is 0 Å². The second-order valence-electron chi connectivity index (χ2n) is 3.87. The van der Waals surface area contributed by atoms with Gasteiger partial charge in [-0.2, -0.15) is 0 Å². The quantitative estimate of drug-likeness (QED) is 0.810. The fourth-order valence-electron chi connectivity index (χ4n) is 1.60. The van der Waals surface area contributed by atoms with Gasteiger partial charge in [0, 0.05) is 28.9 Å². The van der Waals surface area contributed by atoms with E-state index in [1.165, 1.54) is 18.2 Å². The van der Waals surface area contributed by atoms with E-state index >= 15 is 0 Å². The lowest BCUT2D eigenvalue weighted by Crippen LogP contribution is -2.23. The van der Waals surface area contributed by atoms with Gasteiger partial charge in [0.15, 0.2) is 0 Å². The first-order chi connectivity index (χ1) is 8.84.